The van der Waals surface area contributed by atoms with Crippen LogP contribution in [-0.2, 0) is 8.16 Å². The van der Waals surface area contributed by atoms with Crippen molar-refractivity contribution in [1.82, 2.24) is 10.6 Å². The van der Waals surface area contributed by atoms with Crippen LogP contribution in [0.15, 0.2) is 48.5 Å². The minimum Gasteiger partial charge on any atom is -0.385 e. The number of ether oxygens (including phenoxy) is 1. The van der Waals surface area contributed by atoms with Crippen LogP contribution in [0.3, 0.4) is 0 Å². The molecule has 0 aliphatic heterocycles. The second-order valence-corrected chi connectivity index (χ2v) is 13.8. The van der Waals surface area contributed by atoms with Gasteiger partial charge in [-0.15, -0.1) is 0 Å². The Labute approximate surface area is 250 Å². The van der Waals surface area contributed by atoms with Crippen LogP contribution >= 0.6 is 45.2 Å². The second kappa shape index (κ2) is 14.6. The summed E-state index contributed by atoms with van der Waals surface area (Å²) in [4.78, 5) is 13.5. The van der Waals surface area contributed by atoms with Crippen molar-refractivity contribution in [1.29, 1.82) is 0 Å². The van der Waals surface area contributed by atoms with Gasteiger partial charge in [-0.1, -0.05) is 96.7 Å². The zero-order valence-electron chi connectivity index (χ0n) is 22.4. The number of aliphatic hydroxyl groups is 1. The molecule has 2 unspecified atom stereocenters. The highest BCUT2D eigenvalue weighted by Crippen LogP contribution is 2.53. The standard InChI is InChI=1S/C30H42I2N2O3/c1-22-10-7-14-25(18-22)30(32,29(31,36)16-9-17-37-3)26-15-8-13-24(20-26)28(35)34-27(21-33-2)19-23-11-5-4-6-12-23/h7-8,10,13-15,18,20,23,27,33,36H,4-6,9,11-12,16-17,19,21H2,1-3H3,(H,34,35)/t27?,29?,30-/m1/s1. The third-order valence-electron chi connectivity index (χ3n) is 7.45. The van der Waals surface area contributed by atoms with Crippen molar-refractivity contribution in [3.8, 4) is 0 Å². The molecule has 1 fully saturated rings. The van der Waals surface area contributed by atoms with Crippen molar-refractivity contribution in [2.45, 2.75) is 71.4 Å². The number of carbonyl (C=O) groups excluding carboxylic acids is 1. The fraction of sp³-hybridized carbons (Fsp3) is 0.567. The van der Waals surface area contributed by atoms with E-state index >= 15 is 0 Å². The number of carbonyl (C=O) groups is 1. The predicted molar refractivity (Wildman–Crippen MR) is 169 cm³/mol. The summed E-state index contributed by atoms with van der Waals surface area (Å²) < 4.78 is 3.42. The first kappa shape index (κ1) is 30.8. The summed E-state index contributed by atoms with van der Waals surface area (Å²) in [6.07, 6.45) is 8.76. The highest BCUT2D eigenvalue weighted by molar-refractivity contribution is 14.1. The molecule has 5 nitrogen and oxygen atoms in total. The van der Waals surface area contributed by atoms with E-state index in [1.807, 2.05) is 37.4 Å². The lowest BCUT2D eigenvalue weighted by molar-refractivity contribution is 0.0926. The Bertz CT molecular complexity index is 1010. The van der Waals surface area contributed by atoms with Crippen molar-refractivity contribution in [2.24, 2.45) is 5.92 Å². The van der Waals surface area contributed by atoms with Crippen LogP contribution in [0.25, 0.3) is 0 Å². The molecule has 37 heavy (non-hydrogen) atoms. The van der Waals surface area contributed by atoms with Crippen LogP contribution in [0.2, 0.25) is 0 Å². The zero-order chi connectivity index (χ0) is 26.9. The van der Waals surface area contributed by atoms with Gasteiger partial charge in [0, 0.05) is 31.9 Å². The van der Waals surface area contributed by atoms with Gasteiger partial charge < -0.3 is 20.5 Å². The van der Waals surface area contributed by atoms with Gasteiger partial charge in [-0.3, -0.25) is 4.79 Å². The number of benzene rings is 2. The average molecular weight is 732 g/mol. The molecular formula is C30H42I2N2O3. The Morgan fingerprint density at radius 1 is 1.11 bits per heavy atom. The van der Waals surface area contributed by atoms with Crippen LogP contribution < -0.4 is 10.6 Å². The van der Waals surface area contributed by atoms with Gasteiger partial charge in [-0.05, 0) is 85.0 Å². The van der Waals surface area contributed by atoms with Crippen LogP contribution in [0.4, 0.5) is 0 Å². The summed E-state index contributed by atoms with van der Waals surface area (Å²) in [6, 6.07) is 16.2. The molecule has 1 aliphatic rings. The summed E-state index contributed by atoms with van der Waals surface area (Å²) >= 11 is 4.58. The third-order valence-corrected chi connectivity index (χ3v) is 12.0. The van der Waals surface area contributed by atoms with E-state index in [2.05, 4.69) is 80.9 Å². The third kappa shape index (κ3) is 8.13. The number of amides is 1. The molecule has 2 aromatic rings. The molecule has 3 atom stereocenters. The lowest BCUT2D eigenvalue weighted by atomic mass is 9.83. The maximum atomic E-state index is 13.5. The minimum atomic E-state index is -1.09. The van der Waals surface area contributed by atoms with E-state index in [-0.39, 0.29) is 11.9 Å². The largest absolute Gasteiger partial charge is 0.385 e. The minimum absolute atomic E-state index is 0.0581. The Balaban J connectivity index is 1.90. The monoisotopic (exact) mass is 732 g/mol. The highest BCUT2D eigenvalue weighted by Gasteiger charge is 2.49. The van der Waals surface area contributed by atoms with Gasteiger partial charge in [-0.2, -0.15) is 0 Å². The van der Waals surface area contributed by atoms with Crippen LogP contribution in [0, 0.1) is 12.8 Å². The lowest BCUT2D eigenvalue weighted by Crippen LogP contribution is -2.44. The fourth-order valence-electron chi connectivity index (χ4n) is 5.50. The number of nitrogens with one attached hydrogen (secondary N) is 2. The summed E-state index contributed by atoms with van der Waals surface area (Å²) in [5, 5.41) is 18.5. The molecule has 0 aromatic heterocycles. The average Bonchev–Trinajstić information content (AvgIpc) is 2.89. The molecule has 2 aromatic carbocycles. The van der Waals surface area contributed by atoms with Gasteiger partial charge in [0.25, 0.3) is 5.91 Å². The number of methoxy groups -OCH3 is 1. The molecule has 7 heteroatoms. The molecule has 0 heterocycles. The predicted octanol–water partition coefficient (Wildman–Crippen LogP) is 6.51. The molecule has 0 radical (unpaired) electrons. The molecule has 0 saturated heterocycles. The van der Waals surface area contributed by atoms with Crippen molar-refractivity contribution in [3.63, 3.8) is 0 Å². The van der Waals surface area contributed by atoms with E-state index in [0.717, 1.165) is 36.1 Å². The maximum Gasteiger partial charge on any atom is 0.251 e. The Morgan fingerprint density at radius 3 is 2.43 bits per heavy atom. The molecule has 0 bridgehead atoms. The van der Waals surface area contributed by atoms with Crippen molar-refractivity contribution in [3.05, 3.63) is 70.8 Å². The number of aryl methyl sites for hydroxylation is 1. The van der Waals surface area contributed by atoms with Crippen molar-refractivity contribution < 1.29 is 14.6 Å². The number of alkyl halides is 2. The van der Waals surface area contributed by atoms with Crippen molar-refractivity contribution in [2.75, 3.05) is 27.3 Å². The first-order valence-electron chi connectivity index (χ1n) is 13.4. The molecule has 1 amide bonds. The number of halogens is 2. The molecule has 3 N–H and O–H groups in total. The fourth-order valence-corrected chi connectivity index (χ4v) is 7.44. The van der Waals surface area contributed by atoms with E-state index in [0.29, 0.717) is 24.5 Å². The zero-order valence-corrected chi connectivity index (χ0v) is 26.7. The molecule has 1 saturated carbocycles. The summed E-state index contributed by atoms with van der Waals surface area (Å²) in [7, 11) is 3.62. The van der Waals surface area contributed by atoms with E-state index in [4.69, 9.17) is 4.74 Å². The van der Waals surface area contributed by atoms with Gasteiger partial charge in [0.2, 0.25) is 0 Å². The summed E-state index contributed by atoms with van der Waals surface area (Å²) in [5.41, 5.74) is 3.69. The number of likely N-dealkylation sites (N-methyl/N-ethyl adjacent to an activating group) is 1. The van der Waals surface area contributed by atoms with E-state index in [1.54, 1.807) is 7.11 Å². The van der Waals surface area contributed by atoms with Crippen molar-refractivity contribution >= 4 is 51.1 Å². The van der Waals surface area contributed by atoms with E-state index in [1.165, 1.54) is 32.1 Å². The Kier molecular flexibility index (Phi) is 12.1. The normalized spacial score (nSPS) is 18.5. The summed E-state index contributed by atoms with van der Waals surface area (Å²) in [6.45, 7) is 3.41. The highest BCUT2D eigenvalue weighted by atomic mass is 127. The first-order chi connectivity index (χ1) is 17.7. The SMILES string of the molecule is CNCC(CC1CCCCC1)NC(=O)c1cccc([C@](I)(c2cccc(C)c2)C(O)(I)CCCOC)c1. The van der Waals surface area contributed by atoms with Gasteiger partial charge >= 0.3 is 0 Å². The van der Waals surface area contributed by atoms with Gasteiger partial charge in [0.1, 0.15) is 7.03 Å². The first-order valence-corrected chi connectivity index (χ1v) is 15.6. The number of hydrogen-bond acceptors (Lipinski definition) is 4. The van der Waals surface area contributed by atoms with Crippen LogP contribution in [-0.4, -0.2) is 48.0 Å². The number of rotatable bonds is 13. The molecule has 3 rings (SSSR count). The summed E-state index contributed by atoms with van der Waals surface area (Å²) in [5.74, 6) is 0.625. The lowest BCUT2D eigenvalue weighted by Gasteiger charge is -2.41. The van der Waals surface area contributed by atoms with Gasteiger partial charge in [0.15, 0.2) is 0 Å². The molecule has 204 valence electrons. The van der Waals surface area contributed by atoms with Gasteiger partial charge in [-0.25, -0.2) is 0 Å². The van der Waals surface area contributed by atoms with Gasteiger partial charge in [0.05, 0.1) is 0 Å². The topological polar surface area (TPSA) is 70.6 Å². The van der Waals surface area contributed by atoms with Crippen LogP contribution in [0.5, 0.6) is 0 Å². The smallest absolute Gasteiger partial charge is 0.251 e. The Morgan fingerprint density at radius 2 is 1.78 bits per heavy atom. The molecule has 1 aliphatic carbocycles. The maximum absolute atomic E-state index is 13.5. The van der Waals surface area contributed by atoms with E-state index < -0.39 is 7.03 Å². The second-order valence-electron chi connectivity index (χ2n) is 10.4. The number of hydrogen-bond donors (Lipinski definition) is 3. The quantitative estimate of drug-likeness (QED) is 0.125. The molecular weight excluding hydrogens is 690 g/mol. The Hall–Kier alpha value is -0.750. The van der Waals surface area contributed by atoms with Crippen LogP contribution in [0.1, 0.15) is 78.4 Å². The van der Waals surface area contributed by atoms with E-state index in [9.17, 15) is 9.90 Å². The molecule has 0 spiro atoms.